The predicted octanol–water partition coefficient (Wildman–Crippen LogP) is 5.57. The third-order valence-electron chi connectivity index (χ3n) is 4.82. The van der Waals surface area contributed by atoms with Crippen molar-refractivity contribution in [2.24, 2.45) is 5.73 Å². The average molecular weight is 369 g/mol. The highest BCUT2D eigenvalue weighted by Crippen LogP contribution is 2.30. The Kier molecular flexibility index (Phi) is 5.04. The topological polar surface area (TPSA) is 64.9 Å². The van der Waals surface area contributed by atoms with Crippen molar-refractivity contribution < 1.29 is 4.42 Å². The Morgan fingerprint density at radius 3 is 2.39 bits per heavy atom. The van der Waals surface area contributed by atoms with Gasteiger partial charge in [0.1, 0.15) is 0 Å². The molecule has 1 heterocycles. The number of nitrogens with zero attached hydrogens (tertiary/aromatic N) is 2. The van der Waals surface area contributed by atoms with E-state index in [2.05, 4.69) is 60.5 Å². The highest BCUT2D eigenvalue weighted by molar-refractivity contribution is 5.94. The lowest BCUT2D eigenvalue weighted by Gasteiger charge is -2.11. The number of rotatable bonds is 5. The Balaban J connectivity index is 1.65. The normalized spacial score (nSPS) is 12.1. The number of fused-ring (bicyclic) bond motifs is 1. The average Bonchev–Trinajstić information content (AvgIpc) is 3.21. The molecule has 0 saturated carbocycles. The molecule has 0 bridgehead atoms. The van der Waals surface area contributed by atoms with Crippen LogP contribution in [0.5, 0.6) is 0 Å². The van der Waals surface area contributed by atoms with Gasteiger partial charge in [-0.15, -0.1) is 10.2 Å². The first-order chi connectivity index (χ1) is 13.7. The molecule has 140 valence electrons. The fourth-order valence-electron chi connectivity index (χ4n) is 3.44. The van der Waals surface area contributed by atoms with Gasteiger partial charge in [-0.3, -0.25) is 0 Å². The van der Waals surface area contributed by atoms with Gasteiger partial charge in [0.2, 0.25) is 11.8 Å². The van der Waals surface area contributed by atoms with Gasteiger partial charge in [0.05, 0.1) is 0 Å². The molecule has 1 atom stereocenters. The summed E-state index contributed by atoms with van der Waals surface area (Å²) in [5, 5.41) is 10.8. The second-order valence-corrected chi connectivity index (χ2v) is 7.15. The van der Waals surface area contributed by atoms with E-state index in [4.69, 9.17) is 10.2 Å². The van der Waals surface area contributed by atoms with Crippen LogP contribution in [-0.2, 0) is 0 Å². The zero-order valence-corrected chi connectivity index (χ0v) is 16.1. The molecule has 4 nitrogen and oxygen atoms in total. The lowest BCUT2D eigenvalue weighted by atomic mass is 9.96. The fourth-order valence-corrected chi connectivity index (χ4v) is 3.44. The van der Waals surface area contributed by atoms with E-state index in [0.717, 1.165) is 21.9 Å². The van der Waals surface area contributed by atoms with Crippen LogP contribution in [0.4, 0.5) is 0 Å². The quantitative estimate of drug-likeness (QED) is 0.467. The molecule has 1 unspecified atom stereocenters. The van der Waals surface area contributed by atoms with Crippen LogP contribution in [-0.4, -0.2) is 16.7 Å². The van der Waals surface area contributed by atoms with Crippen LogP contribution in [0.15, 0.2) is 82.8 Å². The van der Waals surface area contributed by atoms with E-state index in [1.165, 1.54) is 11.1 Å². The molecule has 0 aliphatic carbocycles. The summed E-state index contributed by atoms with van der Waals surface area (Å²) >= 11 is 0. The third-order valence-corrected chi connectivity index (χ3v) is 4.82. The van der Waals surface area contributed by atoms with Crippen LogP contribution in [0.25, 0.3) is 33.7 Å². The molecule has 0 amide bonds. The van der Waals surface area contributed by atoms with Crippen LogP contribution >= 0.6 is 0 Å². The Labute approximate surface area is 164 Å². The predicted molar refractivity (Wildman–Crippen MR) is 114 cm³/mol. The SMILES string of the molecule is CC(C)=CC(CN)c1ccc(-c2nnc(-c3cccc4ccccc34)o2)cc1. The Morgan fingerprint density at radius 1 is 0.929 bits per heavy atom. The summed E-state index contributed by atoms with van der Waals surface area (Å²) in [6.45, 7) is 4.75. The van der Waals surface area contributed by atoms with Gasteiger partial charge in [0, 0.05) is 23.6 Å². The first-order valence-electron chi connectivity index (χ1n) is 9.43. The van der Waals surface area contributed by atoms with Gasteiger partial charge in [0.15, 0.2) is 0 Å². The maximum absolute atomic E-state index is 6.00. The Bertz CT molecular complexity index is 1120. The van der Waals surface area contributed by atoms with E-state index in [1.807, 2.05) is 36.4 Å². The molecular weight excluding hydrogens is 346 g/mol. The standard InChI is InChI=1S/C24H23N3O/c1-16(2)14-20(15-25)17-10-12-19(13-11-17)23-26-27-24(28-23)22-9-5-7-18-6-3-4-8-21(18)22/h3-14,20H,15,25H2,1-2H3. The molecular formula is C24H23N3O. The number of benzene rings is 3. The summed E-state index contributed by atoms with van der Waals surface area (Å²) in [5.41, 5.74) is 10.2. The maximum Gasteiger partial charge on any atom is 0.248 e. The molecule has 28 heavy (non-hydrogen) atoms. The second-order valence-electron chi connectivity index (χ2n) is 7.15. The fraction of sp³-hybridized carbons (Fsp3) is 0.167. The first-order valence-corrected chi connectivity index (χ1v) is 9.43. The van der Waals surface area contributed by atoms with Crippen molar-refractivity contribution in [2.75, 3.05) is 6.54 Å². The van der Waals surface area contributed by atoms with Gasteiger partial charge < -0.3 is 10.2 Å². The third kappa shape index (κ3) is 3.59. The van der Waals surface area contributed by atoms with E-state index < -0.39 is 0 Å². The summed E-state index contributed by atoms with van der Waals surface area (Å²) in [6, 6.07) is 22.5. The number of aromatic nitrogens is 2. The highest BCUT2D eigenvalue weighted by atomic mass is 16.4. The zero-order chi connectivity index (χ0) is 19.5. The van der Waals surface area contributed by atoms with Gasteiger partial charge >= 0.3 is 0 Å². The van der Waals surface area contributed by atoms with Gasteiger partial charge in [0.25, 0.3) is 0 Å². The molecule has 1 aromatic heterocycles. The van der Waals surface area contributed by atoms with E-state index in [9.17, 15) is 0 Å². The minimum Gasteiger partial charge on any atom is -0.416 e. The summed E-state index contributed by atoms with van der Waals surface area (Å²) in [7, 11) is 0. The molecule has 2 N–H and O–H groups in total. The van der Waals surface area contributed by atoms with Crippen molar-refractivity contribution in [3.8, 4) is 22.9 Å². The lowest BCUT2D eigenvalue weighted by Crippen LogP contribution is -2.10. The van der Waals surface area contributed by atoms with Gasteiger partial charge in [-0.05, 0) is 48.4 Å². The number of allylic oxidation sites excluding steroid dienone is 1. The van der Waals surface area contributed by atoms with Crippen LogP contribution in [0, 0.1) is 0 Å². The summed E-state index contributed by atoms with van der Waals surface area (Å²) < 4.78 is 6.00. The van der Waals surface area contributed by atoms with Crippen molar-refractivity contribution in [3.05, 3.63) is 83.9 Å². The first kappa shape index (κ1) is 18.1. The number of hydrogen-bond donors (Lipinski definition) is 1. The smallest absolute Gasteiger partial charge is 0.248 e. The summed E-state index contributed by atoms with van der Waals surface area (Å²) in [5.74, 6) is 1.26. The van der Waals surface area contributed by atoms with Crippen molar-refractivity contribution in [1.82, 2.24) is 10.2 Å². The van der Waals surface area contributed by atoms with E-state index in [0.29, 0.717) is 18.3 Å². The summed E-state index contributed by atoms with van der Waals surface area (Å²) in [6.07, 6.45) is 2.19. The van der Waals surface area contributed by atoms with Crippen LogP contribution < -0.4 is 5.73 Å². The second kappa shape index (κ2) is 7.79. The van der Waals surface area contributed by atoms with Gasteiger partial charge in [-0.25, -0.2) is 0 Å². The molecule has 0 saturated heterocycles. The molecule has 0 fully saturated rings. The van der Waals surface area contributed by atoms with Gasteiger partial charge in [-0.2, -0.15) is 0 Å². The van der Waals surface area contributed by atoms with E-state index >= 15 is 0 Å². The van der Waals surface area contributed by atoms with Crippen molar-refractivity contribution in [2.45, 2.75) is 19.8 Å². The largest absolute Gasteiger partial charge is 0.416 e. The molecule has 4 rings (SSSR count). The van der Waals surface area contributed by atoms with Crippen LogP contribution in [0.3, 0.4) is 0 Å². The van der Waals surface area contributed by atoms with E-state index in [1.54, 1.807) is 0 Å². The molecule has 0 spiro atoms. The maximum atomic E-state index is 6.00. The molecule has 3 aromatic carbocycles. The van der Waals surface area contributed by atoms with Crippen LogP contribution in [0.2, 0.25) is 0 Å². The molecule has 0 radical (unpaired) electrons. The molecule has 0 aliphatic rings. The minimum atomic E-state index is 0.216. The monoisotopic (exact) mass is 369 g/mol. The summed E-state index contributed by atoms with van der Waals surface area (Å²) in [4.78, 5) is 0. The molecule has 0 aliphatic heterocycles. The zero-order valence-electron chi connectivity index (χ0n) is 16.1. The molecule has 4 heteroatoms. The van der Waals surface area contributed by atoms with Crippen molar-refractivity contribution in [3.63, 3.8) is 0 Å². The van der Waals surface area contributed by atoms with Gasteiger partial charge in [-0.1, -0.05) is 60.2 Å². The number of hydrogen-bond acceptors (Lipinski definition) is 4. The number of nitrogens with two attached hydrogens (primary N) is 1. The van der Waals surface area contributed by atoms with Crippen molar-refractivity contribution >= 4 is 10.8 Å². The minimum absolute atomic E-state index is 0.216. The Hall–Kier alpha value is -3.24. The van der Waals surface area contributed by atoms with Crippen molar-refractivity contribution in [1.29, 1.82) is 0 Å². The molecule has 4 aromatic rings. The lowest BCUT2D eigenvalue weighted by molar-refractivity contribution is 0.585. The Morgan fingerprint density at radius 2 is 1.64 bits per heavy atom. The van der Waals surface area contributed by atoms with E-state index in [-0.39, 0.29) is 5.92 Å². The highest BCUT2D eigenvalue weighted by Gasteiger charge is 2.14. The van der Waals surface area contributed by atoms with Crippen LogP contribution in [0.1, 0.15) is 25.3 Å².